The molecule has 5 heteroatoms. The Labute approximate surface area is 172 Å². The van der Waals surface area contributed by atoms with Gasteiger partial charge in [0.05, 0.1) is 19.4 Å². The van der Waals surface area contributed by atoms with Crippen molar-refractivity contribution in [2.24, 2.45) is 0 Å². The van der Waals surface area contributed by atoms with Crippen LogP contribution in [-0.2, 0) is 24.4 Å². The van der Waals surface area contributed by atoms with Crippen LogP contribution in [-0.4, -0.2) is 30.9 Å². The number of benzene rings is 2. The minimum atomic E-state index is -0.00765. The van der Waals surface area contributed by atoms with E-state index in [9.17, 15) is 4.79 Å². The molecule has 0 unspecified atom stereocenters. The molecule has 29 heavy (non-hydrogen) atoms. The first kappa shape index (κ1) is 20.7. The first-order chi connectivity index (χ1) is 14.1. The fourth-order valence-corrected chi connectivity index (χ4v) is 3.05. The number of ether oxygens (including phenoxy) is 1. The number of likely N-dealkylation sites (N-methyl/N-ethyl adjacent to an activating group) is 1. The van der Waals surface area contributed by atoms with Crippen LogP contribution in [0.25, 0.3) is 0 Å². The molecule has 0 saturated carbocycles. The molecule has 1 amide bonds. The van der Waals surface area contributed by atoms with Crippen molar-refractivity contribution in [2.75, 3.05) is 20.1 Å². The fourth-order valence-electron chi connectivity index (χ4n) is 3.05. The zero-order chi connectivity index (χ0) is 20.5. The third-order valence-electron chi connectivity index (χ3n) is 4.75. The van der Waals surface area contributed by atoms with Crippen molar-refractivity contribution in [3.8, 4) is 5.75 Å². The number of nitrogens with zero attached hydrogens (tertiary/aromatic N) is 1. The SMILES string of the molecule is CNC(=O)CN(CCc1cccc(OCc2ccc(C)cc2)c1)Cc1ccco1. The van der Waals surface area contributed by atoms with Crippen LogP contribution < -0.4 is 10.1 Å². The standard InChI is InChI=1S/C24H28N2O3/c1-19-8-10-21(11-9-19)18-29-22-6-3-5-20(15-22)12-13-26(17-24(27)25-2)16-23-7-4-14-28-23/h3-11,14-15H,12-13,16-18H2,1-2H3,(H,25,27). The van der Waals surface area contributed by atoms with Gasteiger partial charge in [0, 0.05) is 13.6 Å². The molecule has 152 valence electrons. The van der Waals surface area contributed by atoms with E-state index in [-0.39, 0.29) is 5.91 Å². The molecule has 0 aliphatic rings. The number of amides is 1. The quantitative estimate of drug-likeness (QED) is 0.567. The van der Waals surface area contributed by atoms with Crippen molar-refractivity contribution >= 4 is 5.91 Å². The topological polar surface area (TPSA) is 54.7 Å². The van der Waals surface area contributed by atoms with Gasteiger partial charge in [0.15, 0.2) is 0 Å². The van der Waals surface area contributed by atoms with Crippen molar-refractivity contribution in [2.45, 2.75) is 26.5 Å². The Morgan fingerprint density at radius 2 is 1.90 bits per heavy atom. The molecule has 1 aromatic heterocycles. The summed E-state index contributed by atoms with van der Waals surface area (Å²) >= 11 is 0. The van der Waals surface area contributed by atoms with Crippen molar-refractivity contribution in [1.29, 1.82) is 0 Å². The zero-order valence-electron chi connectivity index (χ0n) is 17.1. The molecule has 0 spiro atoms. The van der Waals surface area contributed by atoms with Gasteiger partial charge in [0.25, 0.3) is 0 Å². The van der Waals surface area contributed by atoms with E-state index < -0.39 is 0 Å². The van der Waals surface area contributed by atoms with E-state index in [1.807, 2.05) is 24.3 Å². The zero-order valence-corrected chi connectivity index (χ0v) is 17.1. The summed E-state index contributed by atoms with van der Waals surface area (Å²) in [6, 6.07) is 20.3. The first-order valence-electron chi connectivity index (χ1n) is 9.85. The van der Waals surface area contributed by atoms with E-state index in [4.69, 9.17) is 9.15 Å². The van der Waals surface area contributed by atoms with E-state index >= 15 is 0 Å². The highest BCUT2D eigenvalue weighted by Gasteiger charge is 2.12. The Kier molecular flexibility index (Phi) is 7.47. The largest absolute Gasteiger partial charge is 0.489 e. The van der Waals surface area contributed by atoms with Crippen molar-refractivity contribution in [3.05, 3.63) is 89.4 Å². The minimum absolute atomic E-state index is 0.00765. The Hall–Kier alpha value is -3.05. The molecule has 3 aromatic rings. The van der Waals surface area contributed by atoms with Gasteiger partial charge in [-0.3, -0.25) is 9.69 Å². The van der Waals surface area contributed by atoms with Crippen LogP contribution in [0.15, 0.2) is 71.3 Å². The maximum absolute atomic E-state index is 11.9. The number of nitrogens with one attached hydrogen (secondary N) is 1. The highest BCUT2D eigenvalue weighted by Crippen LogP contribution is 2.17. The van der Waals surface area contributed by atoms with Gasteiger partial charge >= 0.3 is 0 Å². The Balaban J connectivity index is 1.56. The van der Waals surface area contributed by atoms with E-state index in [0.29, 0.717) is 19.7 Å². The van der Waals surface area contributed by atoms with Crippen LogP contribution in [0.1, 0.15) is 22.5 Å². The lowest BCUT2D eigenvalue weighted by molar-refractivity contribution is -0.121. The van der Waals surface area contributed by atoms with Gasteiger partial charge in [-0.05, 0) is 48.7 Å². The summed E-state index contributed by atoms with van der Waals surface area (Å²) in [6.45, 7) is 4.30. The second kappa shape index (κ2) is 10.5. The number of furan rings is 1. The van der Waals surface area contributed by atoms with Crippen LogP contribution in [0, 0.1) is 6.92 Å². The van der Waals surface area contributed by atoms with Crippen LogP contribution in [0.4, 0.5) is 0 Å². The van der Waals surface area contributed by atoms with E-state index in [0.717, 1.165) is 30.0 Å². The summed E-state index contributed by atoms with van der Waals surface area (Å²) in [6.07, 6.45) is 2.47. The van der Waals surface area contributed by atoms with Crippen molar-refractivity contribution < 1.29 is 13.9 Å². The van der Waals surface area contributed by atoms with E-state index in [2.05, 4.69) is 53.5 Å². The van der Waals surface area contributed by atoms with Gasteiger partial charge in [-0.15, -0.1) is 0 Å². The van der Waals surface area contributed by atoms with E-state index in [1.165, 1.54) is 11.1 Å². The smallest absolute Gasteiger partial charge is 0.233 e. The minimum Gasteiger partial charge on any atom is -0.489 e. The van der Waals surface area contributed by atoms with Gasteiger partial charge in [0.2, 0.25) is 5.91 Å². The monoisotopic (exact) mass is 392 g/mol. The van der Waals surface area contributed by atoms with Crippen molar-refractivity contribution in [1.82, 2.24) is 10.2 Å². The van der Waals surface area contributed by atoms with Crippen molar-refractivity contribution in [3.63, 3.8) is 0 Å². The molecule has 0 radical (unpaired) electrons. The summed E-state index contributed by atoms with van der Waals surface area (Å²) in [4.78, 5) is 13.9. The molecule has 0 fully saturated rings. The lowest BCUT2D eigenvalue weighted by Gasteiger charge is -2.20. The lowest BCUT2D eigenvalue weighted by atomic mass is 10.1. The van der Waals surface area contributed by atoms with E-state index in [1.54, 1.807) is 13.3 Å². The van der Waals surface area contributed by atoms with Gasteiger partial charge < -0.3 is 14.5 Å². The molecule has 5 nitrogen and oxygen atoms in total. The summed E-state index contributed by atoms with van der Waals surface area (Å²) < 4.78 is 11.4. The maximum Gasteiger partial charge on any atom is 0.233 e. The van der Waals surface area contributed by atoms with Gasteiger partial charge in [-0.25, -0.2) is 0 Å². The number of carbonyl (C=O) groups is 1. The molecule has 0 saturated heterocycles. The maximum atomic E-state index is 11.9. The number of rotatable bonds is 10. The lowest BCUT2D eigenvalue weighted by Crippen LogP contribution is -2.36. The molecular formula is C24H28N2O3. The Bertz CT molecular complexity index is 889. The molecule has 3 rings (SSSR count). The third kappa shape index (κ3) is 6.80. The number of aryl methyl sites for hydroxylation is 1. The Morgan fingerprint density at radius 3 is 2.62 bits per heavy atom. The predicted molar refractivity (Wildman–Crippen MR) is 114 cm³/mol. The second-order valence-corrected chi connectivity index (χ2v) is 7.13. The normalized spacial score (nSPS) is 10.9. The highest BCUT2D eigenvalue weighted by molar-refractivity contribution is 5.77. The number of carbonyl (C=O) groups excluding carboxylic acids is 1. The van der Waals surface area contributed by atoms with Crippen LogP contribution >= 0.6 is 0 Å². The summed E-state index contributed by atoms with van der Waals surface area (Å²) in [5, 5.41) is 2.69. The molecule has 0 aliphatic heterocycles. The van der Waals surface area contributed by atoms with Crippen LogP contribution in [0.2, 0.25) is 0 Å². The van der Waals surface area contributed by atoms with Crippen LogP contribution in [0.3, 0.4) is 0 Å². The molecular weight excluding hydrogens is 364 g/mol. The van der Waals surface area contributed by atoms with Gasteiger partial charge in [-0.1, -0.05) is 42.0 Å². The number of hydrogen-bond acceptors (Lipinski definition) is 4. The molecule has 1 heterocycles. The molecule has 0 atom stereocenters. The average Bonchev–Trinajstić information content (AvgIpc) is 3.25. The fraction of sp³-hybridized carbons (Fsp3) is 0.292. The summed E-state index contributed by atoms with van der Waals surface area (Å²) in [7, 11) is 1.66. The third-order valence-corrected chi connectivity index (χ3v) is 4.75. The average molecular weight is 392 g/mol. The molecule has 0 bridgehead atoms. The second-order valence-electron chi connectivity index (χ2n) is 7.13. The first-order valence-corrected chi connectivity index (χ1v) is 9.85. The highest BCUT2D eigenvalue weighted by atomic mass is 16.5. The summed E-state index contributed by atoms with van der Waals surface area (Å²) in [5.41, 5.74) is 3.57. The Morgan fingerprint density at radius 1 is 1.07 bits per heavy atom. The molecule has 0 aliphatic carbocycles. The van der Waals surface area contributed by atoms with Gasteiger partial charge in [-0.2, -0.15) is 0 Å². The predicted octanol–water partition coefficient (Wildman–Crippen LogP) is 3.96. The molecule has 2 aromatic carbocycles. The van der Waals surface area contributed by atoms with Gasteiger partial charge in [0.1, 0.15) is 18.1 Å². The molecule has 1 N–H and O–H groups in total. The van der Waals surface area contributed by atoms with Crippen LogP contribution in [0.5, 0.6) is 5.75 Å². The summed E-state index contributed by atoms with van der Waals surface area (Å²) in [5.74, 6) is 1.70. The number of hydrogen-bond donors (Lipinski definition) is 1.